The molecule has 0 unspecified atom stereocenters. The highest BCUT2D eigenvalue weighted by atomic mass is 16.6. The SMILES string of the molecule is CC1=C(C(=O)OCCC#N)[C@H](c2ccccc2[N+](=O)[O-])C2=C(N1)c1ccccc1C2=O. The van der Waals surface area contributed by atoms with E-state index >= 15 is 0 Å². The first-order valence-electron chi connectivity index (χ1n) is 9.59. The van der Waals surface area contributed by atoms with Crippen LogP contribution in [0, 0.1) is 21.4 Å². The van der Waals surface area contributed by atoms with Gasteiger partial charge in [0.1, 0.15) is 6.61 Å². The molecule has 1 heterocycles. The fourth-order valence-corrected chi connectivity index (χ4v) is 4.08. The van der Waals surface area contributed by atoms with E-state index in [0.29, 0.717) is 22.5 Å². The number of ether oxygens (including phenoxy) is 1. The van der Waals surface area contributed by atoms with Gasteiger partial charge < -0.3 is 10.1 Å². The Morgan fingerprint density at radius 3 is 2.58 bits per heavy atom. The fourth-order valence-electron chi connectivity index (χ4n) is 4.08. The Hall–Kier alpha value is -4.25. The molecule has 154 valence electrons. The van der Waals surface area contributed by atoms with Crippen molar-refractivity contribution in [1.29, 1.82) is 5.26 Å². The van der Waals surface area contributed by atoms with E-state index in [4.69, 9.17) is 10.00 Å². The van der Waals surface area contributed by atoms with Crippen LogP contribution in [0.3, 0.4) is 0 Å². The molecule has 0 spiro atoms. The number of nitriles is 1. The maximum atomic E-state index is 13.3. The summed E-state index contributed by atoms with van der Waals surface area (Å²) in [5.41, 5.74) is 2.55. The molecule has 0 aromatic heterocycles. The number of hydrogen-bond donors (Lipinski definition) is 1. The summed E-state index contributed by atoms with van der Waals surface area (Å²) in [5, 5.41) is 23.6. The normalized spacial score (nSPS) is 16.9. The molecule has 0 radical (unpaired) electrons. The Labute approximate surface area is 177 Å². The van der Waals surface area contributed by atoms with Gasteiger partial charge in [-0.25, -0.2) is 4.79 Å². The summed E-state index contributed by atoms with van der Waals surface area (Å²) in [6.45, 7) is 1.55. The van der Waals surface area contributed by atoms with Gasteiger partial charge in [-0.05, 0) is 6.92 Å². The summed E-state index contributed by atoms with van der Waals surface area (Å²) >= 11 is 0. The zero-order valence-electron chi connectivity index (χ0n) is 16.5. The molecule has 2 aromatic rings. The number of fused-ring (bicyclic) bond motifs is 2. The van der Waals surface area contributed by atoms with Gasteiger partial charge in [-0.15, -0.1) is 0 Å². The molecule has 0 saturated heterocycles. The van der Waals surface area contributed by atoms with Crippen molar-refractivity contribution in [2.24, 2.45) is 0 Å². The molecule has 1 N–H and O–H groups in total. The van der Waals surface area contributed by atoms with Crippen molar-refractivity contribution in [3.8, 4) is 6.07 Å². The van der Waals surface area contributed by atoms with Gasteiger partial charge in [0.15, 0.2) is 5.78 Å². The van der Waals surface area contributed by atoms with E-state index in [1.54, 1.807) is 43.3 Å². The van der Waals surface area contributed by atoms with Crippen LogP contribution >= 0.6 is 0 Å². The number of carbonyl (C=O) groups excluding carboxylic acids is 2. The third-order valence-electron chi connectivity index (χ3n) is 5.36. The van der Waals surface area contributed by atoms with Gasteiger partial charge in [0, 0.05) is 34.0 Å². The van der Waals surface area contributed by atoms with E-state index < -0.39 is 16.8 Å². The van der Waals surface area contributed by atoms with Crippen LogP contribution < -0.4 is 5.32 Å². The van der Waals surface area contributed by atoms with Crippen molar-refractivity contribution >= 4 is 23.1 Å². The van der Waals surface area contributed by atoms with E-state index in [9.17, 15) is 19.7 Å². The number of hydrogen-bond acceptors (Lipinski definition) is 7. The topological polar surface area (TPSA) is 122 Å². The third-order valence-corrected chi connectivity index (χ3v) is 5.36. The minimum Gasteiger partial charge on any atom is -0.461 e. The van der Waals surface area contributed by atoms with Crippen molar-refractivity contribution in [2.45, 2.75) is 19.3 Å². The van der Waals surface area contributed by atoms with Gasteiger partial charge in [0.2, 0.25) is 0 Å². The zero-order valence-corrected chi connectivity index (χ0v) is 16.5. The van der Waals surface area contributed by atoms with Crippen LogP contribution in [0.1, 0.15) is 40.7 Å². The molecule has 8 nitrogen and oxygen atoms in total. The molecule has 1 atom stereocenters. The Kier molecular flexibility index (Phi) is 5.09. The highest BCUT2D eigenvalue weighted by Crippen LogP contribution is 2.48. The lowest BCUT2D eigenvalue weighted by molar-refractivity contribution is -0.385. The molecule has 2 aliphatic rings. The van der Waals surface area contributed by atoms with Crippen LogP contribution in [-0.2, 0) is 9.53 Å². The van der Waals surface area contributed by atoms with E-state index in [-0.39, 0.29) is 41.2 Å². The second-order valence-electron chi connectivity index (χ2n) is 7.12. The molecular weight excluding hydrogens is 398 g/mol. The van der Waals surface area contributed by atoms with Crippen molar-refractivity contribution < 1.29 is 19.2 Å². The number of para-hydroxylation sites is 1. The standard InChI is InChI=1S/C23H17N3O5/c1-13-18(23(28)31-12-6-11-24)19(16-9-4-5-10-17(16)26(29)30)20-21(25-13)14-7-2-3-8-15(14)22(20)27/h2-5,7-10,19,25H,6,12H2,1H3/t19-/m0/s1. The minimum absolute atomic E-state index is 0.0139. The average Bonchev–Trinajstić information content (AvgIpc) is 3.05. The van der Waals surface area contributed by atoms with Crippen LogP contribution in [0.15, 0.2) is 65.4 Å². The Morgan fingerprint density at radius 2 is 1.87 bits per heavy atom. The largest absolute Gasteiger partial charge is 0.461 e. The highest BCUT2D eigenvalue weighted by molar-refractivity contribution is 6.23. The summed E-state index contributed by atoms with van der Waals surface area (Å²) in [6.07, 6.45) is 0.0139. The molecule has 0 fully saturated rings. The Bertz CT molecular complexity index is 1240. The number of nitrogens with zero attached hydrogens (tertiary/aromatic N) is 2. The number of allylic oxidation sites excluding steroid dienone is 2. The summed E-state index contributed by atoms with van der Waals surface area (Å²) in [6, 6.07) is 15.0. The van der Waals surface area contributed by atoms with E-state index in [0.717, 1.165) is 0 Å². The van der Waals surface area contributed by atoms with Crippen molar-refractivity contribution in [1.82, 2.24) is 5.32 Å². The van der Waals surface area contributed by atoms with Gasteiger partial charge >= 0.3 is 5.97 Å². The lowest BCUT2D eigenvalue weighted by Gasteiger charge is -2.29. The predicted molar refractivity (Wildman–Crippen MR) is 111 cm³/mol. The van der Waals surface area contributed by atoms with Crippen molar-refractivity contribution in [2.75, 3.05) is 6.61 Å². The molecule has 2 aromatic carbocycles. The number of nitrogens with one attached hydrogen (secondary N) is 1. The number of nitro benzene ring substituents is 1. The first kappa shape index (κ1) is 20.0. The quantitative estimate of drug-likeness (QED) is 0.342. The number of esters is 1. The summed E-state index contributed by atoms with van der Waals surface area (Å²) in [4.78, 5) is 37.5. The Morgan fingerprint density at radius 1 is 1.19 bits per heavy atom. The molecule has 1 aliphatic heterocycles. The zero-order chi connectivity index (χ0) is 22.1. The van der Waals surface area contributed by atoms with Crippen LogP contribution in [0.4, 0.5) is 5.69 Å². The van der Waals surface area contributed by atoms with Crippen molar-refractivity contribution in [3.63, 3.8) is 0 Å². The fraction of sp³-hybridized carbons (Fsp3) is 0.174. The summed E-state index contributed by atoms with van der Waals surface area (Å²) < 4.78 is 5.24. The second-order valence-corrected chi connectivity index (χ2v) is 7.12. The molecular formula is C23H17N3O5. The lowest BCUT2D eigenvalue weighted by atomic mass is 9.79. The molecule has 8 heteroatoms. The average molecular weight is 415 g/mol. The molecule has 0 bridgehead atoms. The maximum absolute atomic E-state index is 13.3. The monoisotopic (exact) mass is 415 g/mol. The summed E-state index contributed by atoms with van der Waals surface area (Å²) in [5.74, 6) is -2.00. The van der Waals surface area contributed by atoms with Crippen LogP contribution in [0.5, 0.6) is 0 Å². The van der Waals surface area contributed by atoms with E-state index in [2.05, 4.69) is 5.32 Å². The first-order valence-corrected chi connectivity index (χ1v) is 9.59. The van der Waals surface area contributed by atoms with Crippen LogP contribution in [-0.4, -0.2) is 23.3 Å². The second kappa shape index (κ2) is 7.88. The molecule has 31 heavy (non-hydrogen) atoms. The van der Waals surface area contributed by atoms with Gasteiger partial charge in [-0.2, -0.15) is 5.26 Å². The van der Waals surface area contributed by atoms with E-state index in [1.807, 2.05) is 6.07 Å². The number of carbonyl (C=O) groups is 2. The number of Topliss-reactive ketones (excluding diaryl/α,β-unsaturated/α-hetero) is 1. The number of ketones is 1. The van der Waals surface area contributed by atoms with Gasteiger partial charge in [-0.3, -0.25) is 14.9 Å². The third kappa shape index (κ3) is 3.26. The van der Waals surface area contributed by atoms with Gasteiger partial charge in [-0.1, -0.05) is 42.5 Å². The first-order chi connectivity index (χ1) is 15.0. The maximum Gasteiger partial charge on any atom is 0.336 e. The van der Waals surface area contributed by atoms with Crippen LogP contribution in [0.25, 0.3) is 5.70 Å². The van der Waals surface area contributed by atoms with E-state index in [1.165, 1.54) is 12.1 Å². The van der Waals surface area contributed by atoms with Gasteiger partial charge in [0.25, 0.3) is 5.69 Å². The lowest BCUT2D eigenvalue weighted by Crippen LogP contribution is -2.29. The minimum atomic E-state index is -0.979. The molecule has 1 aliphatic carbocycles. The smallest absolute Gasteiger partial charge is 0.336 e. The molecule has 0 saturated carbocycles. The van der Waals surface area contributed by atoms with Crippen LogP contribution in [0.2, 0.25) is 0 Å². The predicted octanol–water partition coefficient (Wildman–Crippen LogP) is 3.62. The van der Waals surface area contributed by atoms with Gasteiger partial charge in [0.05, 0.1) is 34.6 Å². The van der Waals surface area contributed by atoms with Crippen molar-refractivity contribution in [3.05, 3.63) is 92.2 Å². The molecule has 0 amide bonds. The summed E-state index contributed by atoms with van der Waals surface area (Å²) in [7, 11) is 0. The molecule has 4 rings (SSSR count). The highest BCUT2D eigenvalue weighted by Gasteiger charge is 2.44. The number of dihydropyridines is 1. The number of rotatable bonds is 5. The Balaban J connectivity index is 1.92. The number of nitro groups is 1. The number of benzene rings is 2.